The van der Waals surface area contributed by atoms with Crippen molar-refractivity contribution in [2.75, 3.05) is 18.4 Å². The second kappa shape index (κ2) is 9.54. The highest BCUT2D eigenvalue weighted by Gasteiger charge is 2.24. The minimum absolute atomic E-state index is 0.207. The van der Waals surface area contributed by atoms with Crippen LogP contribution in [0.1, 0.15) is 25.2 Å². The topological polar surface area (TPSA) is 70.4 Å². The molecule has 7 heteroatoms. The van der Waals surface area contributed by atoms with Crippen molar-refractivity contribution in [1.82, 2.24) is 15.2 Å². The van der Waals surface area contributed by atoms with Gasteiger partial charge in [-0.1, -0.05) is 24.6 Å². The molecule has 0 spiro atoms. The normalized spacial score (nSPS) is 16.9. The van der Waals surface area contributed by atoms with Gasteiger partial charge in [-0.3, -0.25) is 4.90 Å². The summed E-state index contributed by atoms with van der Waals surface area (Å²) in [6.07, 6.45) is 4.93. The van der Waals surface area contributed by atoms with Gasteiger partial charge in [0.25, 0.3) is 0 Å². The van der Waals surface area contributed by atoms with Crippen LogP contribution in [0.15, 0.2) is 65.2 Å². The highest BCUT2D eigenvalue weighted by Crippen LogP contribution is 2.23. The molecule has 2 heterocycles. The van der Waals surface area contributed by atoms with Gasteiger partial charge >= 0.3 is 6.03 Å². The Kier molecular flexibility index (Phi) is 6.39. The Morgan fingerprint density at radius 3 is 2.73 bits per heavy atom. The molecular formula is C23H25FN4O2. The number of urea groups is 1. The molecule has 2 aromatic carbocycles. The maximum atomic E-state index is 13.1. The van der Waals surface area contributed by atoms with Crippen LogP contribution in [-0.2, 0) is 6.54 Å². The number of nitrogens with zero attached hydrogens (tertiary/aromatic N) is 2. The lowest BCUT2D eigenvalue weighted by molar-refractivity contribution is 0.127. The molecule has 30 heavy (non-hydrogen) atoms. The molecule has 1 aliphatic heterocycles. The van der Waals surface area contributed by atoms with E-state index in [0.717, 1.165) is 37.1 Å². The molecule has 3 aromatic rings. The Morgan fingerprint density at radius 2 is 1.93 bits per heavy atom. The van der Waals surface area contributed by atoms with Crippen LogP contribution >= 0.6 is 0 Å². The number of nitrogens with one attached hydrogen (secondary N) is 2. The highest BCUT2D eigenvalue weighted by molar-refractivity contribution is 5.89. The Labute approximate surface area is 175 Å². The number of para-hydroxylation sites is 1. The molecule has 4 rings (SSSR count). The highest BCUT2D eigenvalue weighted by atomic mass is 19.1. The molecule has 0 bridgehead atoms. The monoisotopic (exact) mass is 408 g/mol. The maximum Gasteiger partial charge on any atom is 0.319 e. The van der Waals surface area contributed by atoms with E-state index in [9.17, 15) is 9.18 Å². The lowest BCUT2D eigenvalue weighted by Crippen LogP contribution is -2.47. The third-order valence-electron chi connectivity index (χ3n) is 5.30. The fourth-order valence-electron chi connectivity index (χ4n) is 3.71. The molecule has 156 valence electrons. The van der Waals surface area contributed by atoms with Crippen LogP contribution in [0, 0.1) is 5.82 Å². The SMILES string of the molecule is O=C(NCC1CCCCN1Cc1ncc(-c2ccc(F)cc2)o1)Nc1ccccc1. The number of hydrogen-bond acceptors (Lipinski definition) is 4. The van der Waals surface area contributed by atoms with Gasteiger partial charge in [-0.25, -0.2) is 14.2 Å². The van der Waals surface area contributed by atoms with Crippen molar-refractivity contribution in [3.63, 3.8) is 0 Å². The molecule has 2 N–H and O–H groups in total. The van der Waals surface area contributed by atoms with Gasteiger partial charge in [0.2, 0.25) is 5.89 Å². The van der Waals surface area contributed by atoms with Crippen LogP contribution in [0.2, 0.25) is 0 Å². The molecular weight excluding hydrogens is 383 g/mol. The third-order valence-corrected chi connectivity index (χ3v) is 5.30. The second-order valence-corrected chi connectivity index (χ2v) is 7.45. The standard InChI is InChI=1S/C23H25FN4O2/c24-18-11-9-17(10-12-18)21-15-25-22(30-21)16-28-13-5-4-8-20(28)14-26-23(29)27-19-6-2-1-3-7-19/h1-3,6-7,9-12,15,20H,4-5,8,13-14,16H2,(H2,26,27,29). The molecule has 0 saturated carbocycles. The zero-order chi connectivity index (χ0) is 20.8. The fraction of sp³-hybridized carbons (Fsp3) is 0.304. The number of aromatic nitrogens is 1. The van der Waals surface area contributed by atoms with E-state index in [4.69, 9.17) is 4.42 Å². The van der Waals surface area contributed by atoms with E-state index in [2.05, 4.69) is 20.5 Å². The smallest absolute Gasteiger partial charge is 0.319 e. The van der Waals surface area contributed by atoms with Gasteiger partial charge in [-0.2, -0.15) is 0 Å². The van der Waals surface area contributed by atoms with Gasteiger partial charge in [0.05, 0.1) is 12.7 Å². The van der Waals surface area contributed by atoms with E-state index in [1.807, 2.05) is 30.3 Å². The summed E-state index contributed by atoms with van der Waals surface area (Å²) in [5.74, 6) is 0.965. The van der Waals surface area contributed by atoms with Gasteiger partial charge < -0.3 is 15.1 Å². The molecule has 2 amide bonds. The molecule has 1 atom stereocenters. The van der Waals surface area contributed by atoms with E-state index < -0.39 is 0 Å². The maximum absolute atomic E-state index is 13.1. The van der Waals surface area contributed by atoms with E-state index in [0.29, 0.717) is 24.7 Å². The van der Waals surface area contributed by atoms with Crippen LogP contribution in [0.25, 0.3) is 11.3 Å². The van der Waals surface area contributed by atoms with Gasteiger partial charge in [0.1, 0.15) is 5.82 Å². The second-order valence-electron chi connectivity index (χ2n) is 7.45. The zero-order valence-corrected chi connectivity index (χ0v) is 16.7. The van der Waals surface area contributed by atoms with Crippen LogP contribution < -0.4 is 10.6 Å². The first kappa shape index (κ1) is 20.1. The number of halogens is 1. The van der Waals surface area contributed by atoms with Crippen molar-refractivity contribution < 1.29 is 13.6 Å². The average Bonchev–Trinajstić information content (AvgIpc) is 3.23. The molecule has 1 fully saturated rings. The number of carbonyl (C=O) groups excluding carboxylic acids is 1. The lowest BCUT2D eigenvalue weighted by atomic mass is 10.0. The van der Waals surface area contributed by atoms with Crippen molar-refractivity contribution in [2.45, 2.75) is 31.8 Å². The first-order valence-corrected chi connectivity index (χ1v) is 10.2. The lowest BCUT2D eigenvalue weighted by Gasteiger charge is -2.34. The van der Waals surface area contributed by atoms with E-state index >= 15 is 0 Å². The summed E-state index contributed by atoms with van der Waals surface area (Å²) < 4.78 is 19.0. The number of likely N-dealkylation sites (tertiary alicyclic amines) is 1. The summed E-state index contributed by atoms with van der Waals surface area (Å²) in [6.45, 7) is 2.07. The van der Waals surface area contributed by atoms with Crippen molar-refractivity contribution in [1.29, 1.82) is 0 Å². The fourth-order valence-corrected chi connectivity index (χ4v) is 3.71. The molecule has 1 saturated heterocycles. The molecule has 1 aromatic heterocycles. The summed E-state index contributed by atoms with van der Waals surface area (Å²) in [5.41, 5.74) is 1.56. The summed E-state index contributed by atoms with van der Waals surface area (Å²) in [6, 6.07) is 15.6. The number of piperidine rings is 1. The van der Waals surface area contributed by atoms with E-state index in [1.165, 1.54) is 12.1 Å². The summed E-state index contributed by atoms with van der Waals surface area (Å²) in [7, 11) is 0. The number of hydrogen-bond donors (Lipinski definition) is 2. The van der Waals surface area contributed by atoms with Crippen LogP contribution in [0.3, 0.4) is 0 Å². The van der Waals surface area contributed by atoms with Gasteiger partial charge in [0.15, 0.2) is 5.76 Å². The molecule has 0 radical (unpaired) electrons. The van der Waals surface area contributed by atoms with Crippen molar-refractivity contribution >= 4 is 11.7 Å². The summed E-state index contributed by atoms with van der Waals surface area (Å²) >= 11 is 0. The zero-order valence-electron chi connectivity index (χ0n) is 16.7. The number of amides is 2. The van der Waals surface area contributed by atoms with Crippen LogP contribution in [0.5, 0.6) is 0 Å². The molecule has 1 unspecified atom stereocenters. The van der Waals surface area contributed by atoms with Crippen molar-refractivity contribution in [3.05, 3.63) is 72.5 Å². The number of carbonyl (C=O) groups is 1. The molecule has 0 aliphatic carbocycles. The largest absolute Gasteiger partial charge is 0.439 e. The number of anilines is 1. The Balaban J connectivity index is 1.33. The Bertz CT molecular complexity index is 959. The number of oxazole rings is 1. The van der Waals surface area contributed by atoms with E-state index in [-0.39, 0.29) is 17.9 Å². The van der Waals surface area contributed by atoms with Gasteiger partial charge in [-0.05, 0) is 55.8 Å². The van der Waals surface area contributed by atoms with Crippen LogP contribution in [0.4, 0.5) is 14.9 Å². The quantitative estimate of drug-likeness (QED) is 0.623. The Hall–Kier alpha value is -3.19. The number of rotatable bonds is 6. The molecule has 6 nitrogen and oxygen atoms in total. The Morgan fingerprint density at radius 1 is 1.13 bits per heavy atom. The van der Waals surface area contributed by atoms with Crippen molar-refractivity contribution in [2.24, 2.45) is 0 Å². The third kappa shape index (κ3) is 5.24. The molecule has 1 aliphatic rings. The van der Waals surface area contributed by atoms with Gasteiger partial charge in [0, 0.05) is 23.8 Å². The van der Waals surface area contributed by atoms with Crippen LogP contribution in [-0.4, -0.2) is 35.0 Å². The summed E-state index contributed by atoms with van der Waals surface area (Å²) in [5, 5.41) is 5.82. The minimum atomic E-state index is -0.279. The van der Waals surface area contributed by atoms with E-state index in [1.54, 1.807) is 18.3 Å². The average molecular weight is 408 g/mol. The minimum Gasteiger partial charge on any atom is -0.439 e. The first-order valence-electron chi connectivity index (χ1n) is 10.2. The number of benzene rings is 2. The summed E-state index contributed by atoms with van der Waals surface area (Å²) in [4.78, 5) is 18.9. The first-order chi connectivity index (χ1) is 14.7. The predicted molar refractivity (Wildman–Crippen MR) is 113 cm³/mol. The predicted octanol–water partition coefficient (Wildman–Crippen LogP) is 4.66. The van der Waals surface area contributed by atoms with Crippen molar-refractivity contribution in [3.8, 4) is 11.3 Å². The van der Waals surface area contributed by atoms with Gasteiger partial charge in [-0.15, -0.1) is 0 Å².